The van der Waals surface area contributed by atoms with Crippen molar-refractivity contribution in [2.45, 2.75) is 45.9 Å². The van der Waals surface area contributed by atoms with E-state index < -0.39 is 23.7 Å². The van der Waals surface area contributed by atoms with E-state index in [0.29, 0.717) is 0 Å². The predicted molar refractivity (Wildman–Crippen MR) is 76.4 cm³/mol. The summed E-state index contributed by atoms with van der Waals surface area (Å²) in [5, 5.41) is 9.81. The monoisotopic (exact) mass is 295 g/mol. The molecule has 1 aromatic rings. The summed E-state index contributed by atoms with van der Waals surface area (Å²) in [5.74, 6) is -1.17. The van der Waals surface area contributed by atoms with Gasteiger partial charge in [-0.05, 0) is 33.3 Å². The molecule has 21 heavy (non-hydrogen) atoms. The Bertz CT molecular complexity index is 481. The van der Waals surface area contributed by atoms with Crippen molar-refractivity contribution in [2.75, 3.05) is 0 Å². The first-order chi connectivity index (χ1) is 9.70. The highest BCUT2D eigenvalue weighted by Gasteiger charge is 2.32. The average molecular weight is 295 g/mol. The second-order valence-corrected chi connectivity index (χ2v) is 5.58. The lowest BCUT2D eigenvalue weighted by Gasteiger charge is -2.31. The molecule has 0 heterocycles. The summed E-state index contributed by atoms with van der Waals surface area (Å²) in [4.78, 5) is 28.5. The van der Waals surface area contributed by atoms with Crippen LogP contribution in [0.5, 0.6) is 0 Å². The van der Waals surface area contributed by atoms with E-state index in [1.165, 1.54) is 6.92 Å². The van der Waals surface area contributed by atoms with Gasteiger partial charge < -0.3 is 9.84 Å². The summed E-state index contributed by atoms with van der Waals surface area (Å²) in [7, 11) is 0. The van der Waals surface area contributed by atoms with Gasteiger partial charge in [-0.25, -0.2) is 9.59 Å². The van der Waals surface area contributed by atoms with E-state index in [9.17, 15) is 9.59 Å². The van der Waals surface area contributed by atoms with Gasteiger partial charge in [0.1, 0.15) is 6.61 Å². The van der Waals surface area contributed by atoms with E-state index in [2.05, 4.69) is 0 Å². The Hall–Kier alpha value is -2.08. The Morgan fingerprint density at radius 1 is 1.24 bits per heavy atom. The number of aliphatic carboxylic acids is 1. The fourth-order valence-electron chi connectivity index (χ4n) is 1.45. The molecule has 0 unspecified atom stereocenters. The number of carbonyl (C=O) groups excluding carboxylic acids is 1. The van der Waals surface area contributed by atoms with Gasteiger partial charge in [0.25, 0.3) is 0 Å². The van der Waals surface area contributed by atoms with Gasteiger partial charge in [0.2, 0.25) is 0 Å². The van der Waals surface area contributed by atoms with E-state index in [0.717, 1.165) is 10.6 Å². The van der Waals surface area contributed by atoms with Crippen molar-refractivity contribution >= 4 is 12.1 Å². The van der Waals surface area contributed by atoms with E-state index >= 15 is 0 Å². The maximum atomic E-state index is 12.1. The lowest BCUT2D eigenvalue weighted by atomic mass is 10.2. The molecule has 0 fully saturated rings. The molecule has 6 nitrogen and oxygen atoms in total. The molecule has 6 heteroatoms. The van der Waals surface area contributed by atoms with E-state index in [4.69, 9.17) is 14.7 Å². The summed E-state index contributed by atoms with van der Waals surface area (Å²) in [6, 6.07) is 7.98. The third-order valence-electron chi connectivity index (χ3n) is 2.47. The molecule has 0 aromatic heterocycles. The molecule has 0 radical (unpaired) electrons. The van der Waals surface area contributed by atoms with Crippen LogP contribution in [0.15, 0.2) is 30.3 Å². The summed E-state index contributed by atoms with van der Waals surface area (Å²) in [5.41, 5.74) is 0.0969. The molecule has 0 aliphatic rings. The van der Waals surface area contributed by atoms with Crippen molar-refractivity contribution in [3.05, 3.63) is 35.9 Å². The zero-order valence-electron chi connectivity index (χ0n) is 12.7. The fourth-order valence-corrected chi connectivity index (χ4v) is 1.45. The first-order valence-corrected chi connectivity index (χ1v) is 6.62. The summed E-state index contributed by atoms with van der Waals surface area (Å²) in [6.07, 6.45) is -0.830. The van der Waals surface area contributed by atoms with E-state index in [1.54, 1.807) is 20.8 Å². The molecule has 0 saturated heterocycles. The van der Waals surface area contributed by atoms with Crippen molar-refractivity contribution < 1.29 is 24.3 Å². The molecule has 1 rings (SSSR count). The van der Waals surface area contributed by atoms with Gasteiger partial charge in [-0.2, -0.15) is 5.06 Å². The van der Waals surface area contributed by atoms with Crippen molar-refractivity contribution in [3.8, 4) is 0 Å². The molecule has 1 atom stereocenters. The first-order valence-electron chi connectivity index (χ1n) is 6.62. The van der Waals surface area contributed by atoms with Gasteiger partial charge >= 0.3 is 12.1 Å². The van der Waals surface area contributed by atoms with E-state index in [1.807, 2.05) is 30.3 Å². The number of rotatable bonds is 5. The minimum atomic E-state index is -1.17. The number of ether oxygens (including phenoxy) is 1. The third kappa shape index (κ3) is 5.83. The maximum Gasteiger partial charge on any atom is 0.435 e. The standard InChI is InChI=1S/C15H21NO5/c1-11(13(17)18)16(21-15(2,3)4)14(19)20-10-12-8-6-5-7-9-12/h5-9,11H,10H2,1-4H3,(H,17,18)/t11-/m0/s1. The molecule has 0 bridgehead atoms. The largest absolute Gasteiger partial charge is 0.480 e. The predicted octanol–water partition coefficient (Wildman–Crippen LogP) is 2.83. The van der Waals surface area contributed by atoms with Gasteiger partial charge in [-0.1, -0.05) is 30.3 Å². The minimum Gasteiger partial charge on any atom is -0.480 e. The normalized spacial score (nSPS) is 12.6. The zero-order valence-corrected chi connectivity index (χ0v) is 12.7. The Morgan fingerprint density at radius 2 is 1.81 bits per heavy atom. The number of nitrogens with zero attached hydrogens (tertiary/aromatic N) is 1. The topological polar surface area (TPSA) is 76.1 Å². The van der Waals surface area contributed by atoms with Crippen LogP contribution in [0.2, 0.25) is 0 Å². The Kier molecular flexibility index (Phi) is 5.72. The van der Waals surface area contributed by atoms with Crippen LogP contribution in [-0.2, 0) is 21.0 Å². The van der Waals surface area contributed by atoms with Gasteiger partial charge in [-0.15, -0.1) is 0 Å². The van der Waals surface area contributed by atoms with Gasteiger partial charge in [0.15, 0.2) is 6.04 Å². The number of carboxylic acids is 1. The Labute approximate surface area is 124 Å². The number of hydrogen-bond acceptors (Lipinski definition) is 4. The van der Waals surface area contributed by atoms with Crippen LogP contribution in [0, 0.1) is 0 Å². The highest BCUT2D eigenvalue weighted by Crippen LogP contribution is 2.15. The number of benzene rings is 1. The Balaban J connectivity index is 2.73. The molecule has 1 aromatic carbocycles. The van der Waals surface area contributed by atoms with Crippen LogP contribution in [0.3, 0.4) is 0 Å². The number of hydrogen-bond donors (Lipinski definition) is 1. The quantitative estimate of drug-likeness (QED) is 0.845. The van der Waals surface area contributed by atoms with Crippen LogP contribution in [0.25, 0.3) is 0 Å². The van der Waals surface area contributed by atoms with E-state index in [-0.39, 0.29) is 6.61 Å². The van der Waals surface area contributed by atoms with Crippen LogP contribution in [-0.4, -0.2) is 33.9 Å². The SMILES string of the molecule is C[C@@H](C(=O)O)N(OC(C)(C)C)C(=O)OCc1ccccc1. The van der Waals surface area contributed by atoms with Crippen LogP contribution < -0.4 is 0 Å². The molecule has 0 aliphatic heterocycles. The van der Waals surface area contributed by atoms with Gasteiger partial charge in [-0.3, -0.25) is 4.84 Å². The smallest absolute Gasteiger partial charge is 0.435 e. The summed E-state index contributed by atoms with van der Waals surface area (Å²) >= 11 is 0. The third-order valence-corrected chi connectivity index (χ3v) is 2.47. The van der Waals surface area contributed by atoms with Crippen LogP contribution >= 0.6 is 0 Å². The number of hydroxylamine groups is 2. The minimum absolute atomic E-state index is 0.0516. The molecule has 0 saturated carbocycles. The van der Waals surface area contributed by atoms with Crippen molar-refractivity contribution in [1.82, 2.24) is 5.06 Å². The van der Waals surface area contributed by atoms with Gasteiger partial charge in [0, 0.05) is 0 Å². The zero-order chi connectivity index (χ0) is 16.0. The van der Waals surface area contributed by atoms with Crippen molar-refractivity contribution in [1.29, 1.82) is 0 Å². The van der Waals surface area contributed by atoms with Gasteiger partial charge in [0.05, 0.1) is 5.60 Å². The first kappa shape index (κ1) is 17.0. The molecular weight excluding hydrogens is 274 g/mol. The number of carbonyl (C=O) groups is 2. The second-order valence-electron chi connectivity index (χ2n) is 5.58. The molecular formula is C15H21NO5. The molecule has 0 spiro atoms. The summed E-state index contributed by atoms with van der Waals surface area (Å²) in [6.45, 7) is 6.57. The lowest BCUT2D eigenvalue weighted by Crippen LogP contribution is -2.47. The molecule has 0 aliphatic carbocycles. The average Bonchev–Trinajstić information content (AvgIpc) is 2.41. The fraction of sp³-hybridized carbons (Fsp3) is 0.467. The number of amides is 1. The molecule has 1 amide bonds. The van der Waals surface area contributed by atoms with Crippen molar-refractivity contribution in [2.24, 2.45) is 0 Å². The van der Waals surface area contributed by atoms with Crippen LogP contribution in [0.4, 0.5) is 4.79 Å². The highest BCUT2D eigenvalue weighted by atomic mass is 16.7. The Morgan fingerprint density at radius 3 is 2.29 bits per heavy atom. The number of carboxylic acid groups (broad SMARTS) is 1. The second kappa shape index (κ2) is 7.08. The van der Waals surface area contributed by atoms with Crippen LogP contribution in [0.1, 0.15) is 33.3 Å². The molecule has 116 valence electrons. The van der Waals surface area contributed by atoms with Crippen molar-refractivity contribution in [3.63, 3.8) is 0 Å². The lowest BCUT2D eigenvalue weighted by molar-refractivity contribution is -0.226. The maximum absolute atomic E-state index is 12.1. The highest BCUT2D eigenvalue weighted by molar-refractivity contribution is 5.78. The molecule has 1 N–H and O–H groups in total. The summed E-state index contributed by atoms with van der Waals surface area (Å²) < 4.78 is 5.11.